The molecule has 0 aliphatic heterocycles. The molecule has 7 heteroatoms. The van der Waals surface area contributed by atoms with Crippen molar-refractivity contribution in [3.63, 3.8) is 0 Å². The highest BCUT2D eigenvalue weighted by Crippen LogP contribution is 2.23. The van der Waals surface area contributed by atoms with E-state index in [0.717, 1.165) is 22.0 Å². The third-order valence-corrected chi connectivity index (χ3v) is 5.99. The molecule has 32 heavy (non-hydrogen) atoms. The average molecular weight is 500 g/mol. The van der Waals surface area contributed by atoms with Gasteiger partial charge in [0.15, 0.2) is 5.78 Å². The number of amides is 1. The van der Waals surface area contributed by atoms with E-state index in [1.807, 2.05) is 48.3 Å². The predicted molar refractivity (Wildman–Crippen MR) is 130 cm³/mol. The zero-order chi connectivity index (χ0) is 23.3. The van der Waals surface area contributed by atoms with Crippen molar-refractivity contribution in [2.24, 2.45) is 5.73 Å². The van der Waals surface area contributed by atoms with Gasteiger partial charge in [-0.05, 0) is 82.5 Å². The van der Waals surface area contributed by atoms with Crippen LogP contribution in [0.1, 0.15) is 29.3 Å². The maximum Gasteiger partial charge on any atom is 0.242 e. The van der Waals surface area contributed by atoms with Gasteiger partial charge in [0.2, 0.25) is 5.91 Å². The number of carbonyl (C=O) groups is 2. The lowest BCUT2D eigenvalue weighted by molar-refractivity contribution is -0.130. The summed E-state index contributed by atoms with van der Waals surface area (Å²) in [7, 11) is 1.87. The van der Waals surface area contributed by atoms with Crippen molar-refractivity contribution in [2.45, 2.75) is 19.9 Å². The first kappa shape index (κ1) is 23.9. The van der Waals surface area contributed by atoms with Gasteiger partial charge in [0.1, 0.15) is 5.82 Å². The molecule has 2 N–H and O–H groups in total. The van der Waals surface area contributed by atoms with E-state index in [1.54, 1.807) is 24.0 Å². The van der Waals surface area contributed by atoms with Gasteiger partial charge in [-0.15, -0.1) is 0 Å². The zero-order valence-corrected chi connectivity index (χ0v) is 19.9. The Morgan fingerprint density at radius 3 is 2.44 bits per heavy atom. The maximum atomic E-state index is 13.6. The van der Waals surface area contributed by atoms with Crippen LogP contribution >= 0.6 is 15.9 Å². The van der Waals surface area contributed by atoms with Gasteiger partial charge in [-0.25, -0.2) is 4.39 Å². The molecular formula is C25H27BrFN3O2. The first-order valence-corrected chi connectivity index (χ1v) is 11.3. The number of likely N-dealkylation sites (N-methyl/N-ethyl adjacent to an activating group) is 1. The summed E-state index contributed by atoms with van der Waals surface area (Å²) in [5.74, 6) is -0.335. The number of nitrogens with zero attached hydrogens (tertiary/aromatic N) is 2. The van der Waals surface area contributed by atoms with Crippen LogP contribution < -0.4 is 10.6 Å². The molecule has 0 atom stereocenters. The molecular weight excluding hydrogens is 473 g/mol. The Morgan fingerprint density at radius 1 is 1.03 bits per heavy atom. The lowest BCUT2D eigenvalue weighted by Crippen LogP contribution is -2.39. The summed E-state index contributed by atoms with van der Waals surface area (Å²) in [6.07, 6.45) is 0.687. The smallest absolute Gasteiger partial charge is 0.242 e. The second kappa shape index (κ2) is 10.7. The van der Waals surface area contributed by atoms with E-state index >= 15 is 0 Å². The molecule has 0 aliphatic rings. The molecule has 0 saturated carbocycles. The number of hydrogen-bond donors (Lipinski definition) is 1. The summed E-state index contributed by atoms with van der Waals surface area (Å²) >= 11 is 3.20. The van der Waals surface area contributed by atoms with Gasteiger partial charge in [0.25, 0.3) is 0 Å². The number of Topliss-reactive ketones (excluding diaryl/α,β-unsaturated/α-hetero) is 1. The van der Waals surface area contributed by atoms with E-state index in [0.29, 0.717) is 36.1 Å². The van der Waals surface area contributed by atoms with E-state index < -0.39 is 0 Å². The standard InChI is InChI=1S/C25H27BrFN3O2/c1-17(31)19-5-6-21-14-22(8-7-20(21)13-19)29(2)16-25(32)30(11-3-10-28)15-18-4-9-24(27)23(26)12-18/h4-9,12-14H,3,10-11,15-16,28H2,1-2H3. The molecule has 0 aromatic heterocycles. The molecule has 0 saturated heterocycles. The predicted octanol–water partition coefficient (Wildman–Crippen LogP) is 4.76. The third kappa shape index (κ3) is 5.93. The summed E-state index contributed by atoms with van der Waals surface area (Å²) in [5, 5.41) is 1.98. The van der Waals surface area contributed by atoms with Crippen LogP contribution in [0, 0.1) is 5.82 Å². The number of ketones is 1. The van der Waals surface area contributed by atoms with Gasteiger partial charge >= 0.3 is 0 Å². The minimum Gasteiger partial charge on any atom is -0.365 e. The summed E-state index contributed by atoms with van der Waals surface area (Å²) in [6, 6.07) is 16.3. The Labute approximate surface area is 196 Å². The Balaban J connectivity index is 1.74. The van der Waals surface area contributed by atoms with E-state index in [4.69, 9.17) is 5.73 Å². The highest BCUT2D eigenvalue weighted by molar-refractivity contribution is 9.10. The van der Waals surface area contributed by atoms with E-state index in [-0.39, 0.29) is 24.1 Å². The van der Waals surface area contributed by atoms with Crippen LogP contribution in [0.5, 0.6) is 0 Å². The number of carbonyl (C=O) groups excluding carboxylic acids is 2. The summed E-state index contributed by atoms with van der Waals surface area (Å²) in [6.45, 7) is 3.15. The summed E-state index contributed by atoms with van der Waals surface area (Å²) < 4.78 is 13.9. The van der Waals surface area contributed by atoms with Gasteiger partial charge in [-0.1, -0.05) is 24.3 Å². The summed E-state index contributed by atoms with van der Waals surface area (Å²) in [4.78, 5) is 28.4. The van der Waals surface area contributed by atoms with Crippen molar-refractivity contribution in [3.8, 4) is 0 Å². The molecule has 0 unspecified atom stereocenters. The van der Waals surface area contributed by atoms with Crippen LogP contribution in [0.3, 0.4) is 0 Å². The molecule has 0 radical (unpaired) electrons. The second-order valence-corrected chi connectivity index (χ2v) is 8.72. The number of hydrogen-bond acceptors (Lipinski definition) is 4. The molecule has 3 aromatic rings. The highest BCUT2D eigenvalue weighted by Gasteiger charge is 2.17. The molecule has 3 aromatic carbocycles. The maximum absolute atomic E-state index is 13.6. The van der Waals surface area contributed by atoms with Gasteiger partial charge in [0, 0.05) is 31.4 Å². The Kier molecular flexibility index (Phi) is 7.99. The first-order chi connectivity index (χ1) is 15.3. The monoisotopic (exact) mass is 499 g/mol. The normalized spacial score (nSPS) is 10.9. The van der Waals surface area contributed by atoms with E-state index in [2.05, 4.69) is 15.9 Å². The fourth-order valence-corrected chi connectivity index (χ4v) is 3.94. The van der Waals surface area contributed by atoms with Gasteiger partial charge in [-0.2, -0.15) is 0 Å². The fourth-order valence-electron chi connectivity index (χ4n) is 3.52. The molecule has 168 valence electrons. The Morgan fingerprint density at radius 2 is 1.75 bits per heavy atom. The van der Waals surface area contributed by atoms with Gasteiger partial charge in [0.05, 0.1) is 11.0 Å². The number of benzene rings is 3. The lowest BCUT2D eigenvalue weighted by Gasteiger charge is -2.27. The molecule has 0 spiro atoms. The molecule has 0 aliphatic carbocycles. The lowest BCUT2D eigenvalue weighted by atomic mass is 10.0. The van der Waals surface area contributed by atoms with Crippen LogP contribution in [-0.2, 0) is 11.3 Å². The van der Waals surface area contributed by atoms with Crippen molar-refractivity contribution in [2.75, 3.05) is 31.6 Å². The molecule has 3 rings (SSSR count). The molecule has 0 heterocycles. The minimum absolute atomic E-state index is 0.0319. The first-order valence-electron chi connectivity index (χ1n) is 10.5. The van der Waals surface area contributed by atoms with Crippen molar-refractivity contribution in [1.82, 2.24) is 4.90 Å². The van der Waals surface area contributed by atoms with Crippen LogP contribution in [0.2, 0.25) is 0 Å². The molecule has 0 bridgehead atoms. The van der Waals surface area contributed by atoms with Gasteiger partial charge in [-0.3, -0.25) is 9.59 Å². The number of nitrogens with two attached hydrogens (primary N) is 1. The highest BCUT2D eigenvalue weighted by atomic mass is 79.9. The largest absolute Gasteiger partial charge is 0.365 e. The quantitative estimate of drug-likeness (QED) is 0.431. The number of rotatable bonds is 9. The number of fused-ring (bicyclic) bond motifs is 1. The van der Waals surface area contributed by atoms with Crippen molar-refractivity contribution >= 4 is 44.1 Å². The Hall–Kier alpha value is -2.77. The molecule has 1 amide bonds. The van der Waals surface area contributed by atoms with Crippen LogP contribution in [0.15, 0.2) is 59.1 Å². The molecule has 5 nitrogen and oxygen atoms in total. The van der Waals surface area contributed by atoms with Crippen molar-refractivity contribution in [1.29, 1.82) is 0 Å². The third-order valence-electron chi connectivity index (χ3n) is 5.39. The molecule has 0 fully saturated rings. The number of halogens is 2. The SMILES string of the molecule is CC(=O)c1ccc2cc(N(C)CC(=O)N(CCCN)Cc3ccc(F)c(Br)c3)ccc2c1. The fraction of sp³-hybridized carbons (Fsp3) is 0.280. The van der Waals surface area contributed by atoms with Crippen LogP contribution in [-0.4, -0.2) is 43.3 Å². The topological polar surface area (TPSA) is 66.6 Å². The van der Waals surface area contributed by atoms with Crippen LogP contribution in [0.25, 0.3) is 10.8 Å². The van der Waals surface area contributed by atoms with Crippen molar-refractivity contribution < 1.29 is 14.0 Å². The Bertz CT molecular complexity index is 1140. The zero-order valence-electron chi connectivity index (χ0n) is 18.3. The summed E-state index contributed by atoms with van der Waals surface area (Å²) in [5.41, 5.74) is 8.09. The van der Waals surface area contributed by atoms with Crippen LogP contribution in [0.4, 0.5) is 10.1 Å². The van der Waals surface area contributed by atoms with Crippen molar-refractivity contribution in [3.05, 3.63) is 76.0 Å². The number of anilines is 1. The average Bonchev–Trinajstić information content (AvgIpc) is 2.78. The second-order valence-electron chi connectivity index (χ2n) is 7.86. The van der Waals surface area contributed by atoms with E-state index in [1.165, 1.54) is 6.07 Å². The minimum atomic E-state index is -0.333. The van der Waals surface area contributed by atoms with E-state index in [9.17, 15) is 14.0 Å². The van der Waals surface area contributed by atoms with Gasteiger partial charge < -0.3 is 15.5 Å².